The van der Waals surface area contributed by atoms with E-state index in [1.54, 1.807) is 26.2 Å². The second-order valence-corrected chi connectivity index (χ2v) is 7.07. The maximum absolute atomic E-state index is 11.8. The van der Waals surface area contributed by atoms with Crippen molar-refractivity contribution in [3.05, 3.63) is 57.8 Å². The van der Waals surface area contributed by atoms with Crippen LogP contribution in [0.2, 0.25) is 0 Å². The van der Waals surface area contributed by atoms with Gasteiger partial charge in [0, 0.05) is 30.9 Å². The lowest BCUT2D eigenvalue weighted by molar-refractivity contribution is -0.383. The van der Waals surface area contributed by atoms with Gasteiger partial charge in [0.05, 0.1) is 41.8 Å². The fourth-order valence-corrected chi connectivity index (χ4v) is 3.96. The van der Waals surface area contributed by atoms with Crippen LogP contribution in [0.25, 0.3) is 16.6 Å². The minimum atomic E-state index is -0.354. The lowest BCUT2D eigenvalue weighted by Gasteiger charge is -2.27. The molecule has 152 valence electrons. The van der Waals surface area contributed by atoms with Gasteiger partial charge in [0.15, 0.2) is 0 Å². The molecule has 0 atom stereocenters. The normalized spacial score (nSPS) is 15.0. The summed E-state index contributed by atoms with van der Waals surface area (Å²) < 4.78 is 12.5. The van der Waals surface area contributed by atoms with Crippen molar-refractivity contribution in [1.82, 2.24) is 9.47 Å². The first-order chi connectivity index (χ1) is 14.0. The predicted octanol–water partition coefficient (Wildman–Crippen LogP) is 3.39. The topological polar surface area (TPSA) is 90.0 Å². The zero-order valence-electron chi connectivity index (χ0n) is 16.4. The summed E-state index contributed by atoms with van der Waals surface area (Å²) in [4.78, 5) is 13.7. The van der Waals surface area contributed by atoms with Gasteiger partial charge in [-0.15, -0.1) is 0 Å². The molecule has 0 unspecified atom stereocenters. The Kier molecular flexibility index (Phi) is 5.12. The highest BCUT2D eigenvalue weighted by Crippen LogP contribution is 2.40. The molecule has 2 aromatic carbocycles. The van der Waals surface area contributed by atoms with Gasteiger partial charge in [-0.2, -0.15) is 0 Å². The first-order valence-corrected chi connectivity index (χ1v) is 9.46. The van der Waals surface area contributed by atoms with Crippen LogP contribution in [-0.2, 0) is 11.3 Å². The molecule has 29 heavy (non-hydrogen) atoms. The molecule has 8 nitrogen and oxygen atoms in total. The summed E-state index contributed by atoms with van der Waals surface area (Å²) >= 11 is 0. The molecule has 2 heterocycles. The van der Waals surface area contributed by atoms with E-state index >= 15 is 0 Å². The summed E-state index contributed by atoms with van der Waals surface area (Å²) in [7, 11) is 1.59. The van der Waals surface area contributed by atoms with Gasteiger partial charge >= 0.3 is 0 Å². The molecule has 0 spiro atoms. The number of aromatic hydroxyl groups is 1. The molecule has 1 fully saturated rings. The van der Waals surface area contributed by atoms with Crippen molar-refractivity contribution in [3.63, 3.8) is 0 Å². The van der Waals surface area contributed by atoms with E-state index in [4.69, 9.17) is 9.47 Å². The van der Waals surface area contributed by atoms with Gasteiger partial charge in [0.2, 0.25) is 0 Å². The smallest absolute Gasteiger partial charge is 0.298 e. The van der Waals surface area contributed by atoms with E-state index < -0.39 is 0 Å². The third-order valence-electron chi connectivity index (χ3n) is 5.41. The summed E-state index contributed by atoms with van der Waals surface area (Å²) in [6.07, 6.45) is 0. The average Bonchev–Trinajstić information content (AvgIpc) is 3.03. The van der Waals surface area contributed by atoms with Crippen LogP contribution in [-0.4, -0.2) is 52.9 Å². The van der Waals surface area contributed by atoms with Gasteiger partial charge in [0.1, 0.15) is 11.5 Å². The molecule has 0 saturated carbocycles. The molecule has 4 rings (SSSR count). The number of nitro groups is 1. The Labute approximate surface area is 168 Å². The second-order valence-electron chi connectivity index (χ2n) is 7.07. The number of phenolic OH excluding ortho intramolecular Hbond substituents is 1. The van der Waals surface area contributed by atoms with Crippen molar-refractivity contribution in [2.75, 3.05) is 33.4 Å². The second kappa shape index (κ2) is 7.73. The maximum Gasteiger partial charge on any atom is 0.298 e. The van der Waals surface area contributed by atoms with Crippen molar-refractivity contribution >= 4 is 16.6 Å². The van der Waals surface area contributed by atoms with Crippen molar-refractivity contribution in [2.45, 2.75) is 13.5 Å². The summed E-state index contributed by atoms with van der Waals surface area (Å²) in [6, 6.07) is 10.5. The van der Waals surface area contributed by atoms with Crippen LogP contribution >= 0.6 is 0 Å². The third kappa shape index (κ3) is 3.41. The number of methoxy groups -OCH3 is 1. The van der Waals surface area contributed by atoms with Crippen LogP contribution in [0, 0.1) is 17.0 Å². The average molecular weight is 397 g/mol. The van der Waals surface area contributed by atoms with Crippen LogP contribution in [0.15, 0.2) is 36.4 Å². The fourth-order valence-electron chi connectivity index (χ4n) is 3.96. The molecular formula is C21H23N3O5. The molecule has 1 saturated heterocycles. The van der Waals surface area contributed by atoms with Crippen LogP contribution in [0.3, 0.4) is 0 Å². The summed E-state index contributed by atoms with van der Waals surface area (Å²) in [5, 5.41) is 23.0. The van der Waals surface area contributed by atoms with Gasteiger partial charge in [-0.3, -0.25) is 15.0 Å². The van der Waals surface area contributed by atoms with Crippen LogP contribution in [0.5, 0.6) is 11.5 Å². The van der Waals surface area contributed by atoms with E-state index in [2.05, 4.69) is 4.90 Å². The van der Waals surface area contributed by atoms with Crippen molar-refractivity contribution in [2.24, 2.45) is 0 Å². The largest absolute Gasteiger partial charge is 0.508 e. The minimum Gasteiger partial charge on any atom is -0.508 e. The lowest BCUT2D eigenvalue weighted by Crippen LogP contribution is -2.35. The lowest BCUT2D eigenvalue weighted by atomic mass is 10.1. The molecule has 0 amide bonds. The van der Waals surface area contributed by atoms with Crippen LogP contribution < -0.4 is 4.74 Å². The number of phenols is 1. The Balaban J connectivity index is 1.95. The number of hydrogen-bond donors (Lipinski definition) is 1. The SMILES string of the molecule is COc1ccc(-n2c(C)c([N+](=O)[O-])c3ccc(O)c(CN4CCOCC4)c32)cc1. The zero-order valence-corrected chi connectivity index (χ0v) is 16.4. The van der Waals surface area contributed by atoms with E-state index in [0.29, 0.717) is 47.7 Å². The predicted molar refractivity (Wildman–Crippen MR) is 109 cm³/mol. The molecule has 8 heteroatoms. The van der Waals surface area contributed by atoms with E-state index in [-0.39, 0.29) is 16.4 Å². The Hall–Kier alpha value is -3.10. The summed E-state index contributed by atoms with van der Waals surface area (Å²) in [5.74, 6) is 0.833. The van der Waals surface area contributed by atoms with Crippen molar-refractivity contribution < 1.29 is 19.5 Å². The van der Waals surface area contributed by atoms with Gasteiger partial charge in [-0.05, 0) is 43.3 Å². The standard InChI is InChI=1S/C21H23N3O5/c1-14-20(24(26)27)17-7-8-19(25)18(13-22-9-11-29-12-10-22)21(17)23(14)15-3-5-16(28-2)6-4-15/h3-8,25H,9-13H2,1-2H3. The number of fused-ring (bicyclic) bond motifs is 1. The number of rotatable bonds is 5. The molecule has 1 aromatic heterocycles. The van der Waals surface area contributed by atoms with Crippen LogP contribution in [0.4, 0.5) is 5.69 Å². The van der Waals surface area contributed by atoms with E-state index in [1.165, 1.54) is 0 Å². The van der Waals surface area contributed by atoms with Gasteiger partial charge in [-0.25, -0.2) is 0 Å². The highest BCUT2D eigenvalue weighted by atomic mass is 16.6. The first-order valence-electron chi connectivity index (χ1n) is 9.46. The van der Waals surface area contributed by atoms with E-state index in [1.807, 2.05) is 28.8 Å². The number of morpholine rings is 1. The highest BCUT2D eigenvalue weighted by Gasteiger charge is 2.28. The maximum atomic E-state index is 11.8. The fraction of sp³-hybridized carbons (Fsp3) is 0.333. The van der Waals surface area contributed by atoms with Gasteiger partial charge < -0.3 is 19.1 Å². The number of hydrogen-bond acceptors (Lipinski definition) is 6. The first kappa shape index (κ1) is 19.2. The quantitative estimate of drug-likeness (QED) is 0.524. The monoisotopic (exact) mass is 397 g/mol. The zero-order chi connectivity index (χ0) is 20.5. The molecule has 1 N–H and O–H groups in total. The van der Waals surface area contributed by atoms with E-state index in [9.17, 15) is 15.2 Å². The minimum absolute atomic E-state index is 0.0547. The van der Waals surface area contributed by atoms with E-state index in [0.717, 1.165) is 18.8 Å². The Morgan fingerprint density at radius 2 is 1.86 bits per heavy atom. The Morgan fingerprint density at radius 1 is 1.17 bits per heavy atom. The number of ether oxygens (including phenoxy) is 2. The third-order valence-corrected chi connectivity index (χ3v) is 5.41. The number of nitrogens with zero attached hydrogens (tertiary/aromatic N) is 3. The molecular weight excluding hydrogens is 374 g/mol. The molecule has 0 bridgehead atoms. The molecule has 1 aliphatic rings. The summed E-state index contributed by atoms with van der Waals surface area (Å²) in [6.45, 7) is 4.99. The summed E-state index contributed by atoms with van der Waals surface area (Å²) in [5.41, 5.74) is 2.68. The van der Waals surface area contributed by atoms with Gasteiger partial charge in [-0.1, -0.05) is 0 Å². The van der Waals surface area contributed by atoms with Crippen molar-refractivity contribution in [1.29, 1.82) is 0 Å². The van der Waals surface area contributed by atoms with Crippen molar-refractivity contribution in [3.8, 4) is 17.2 Å². The highest BCUT2D eigenvalue weighted by molar-refractivity contribution is 5.96. The van der Waals surface area contributed by atoms with Crippen LogP contribution in [0.1, 0.15) is 11.3 Å². The molecule has 0 radical (unpaired) electrons. The van der Waals surface area contributed by atoms with Gasteiger partial charge in [0.25, 0.3) is 5.69 Å². The molecule has 3 aromatic rings. The number of benzene rings is 2. The Bertz CT molecular complexity index is 1050. The number of aromatic nitrogens is 1. The molecule has 0 aliphatic carbocycles. The Morgan fingerprint density at radius 3 is 2.48 bits per heavy atom. The molecule has 1 aliphatic heterocycles.